The number of hydrogen-bond acceptors (Lipinski definition) is 5. The van der Waals surface area contributed by atoms with E-state index in [-0.39, 0.29) is 11.6 Å². The lowest BCUT2D eigenvalue weighted by atomic mass is 9.90. The molecule has 39 heavy (non-hydrogen) atoms. The molecule has 1 aliphatic heterocycles. The van der Waals surface area contributed by atoms with Gasteiger partial charge in [0.15, 0.2) is 6.29 Å². The first-order valence-electron chi connectivity index (χ1n) is 12.2. The SMILES string of the molecule is CN(Cc1ccc(Br)cc1Oc1ccc(F)c(Cl)c1)C(=O)C(=O)Nc1ccc(C2OC(C)(C)C(C)(C)O2)cc1. The molecule has 0 aliphatic carbocycles. The molecule has 7 nitrogen and oxygen atoms in total. The molecule has 3 aromatic rings. The first-order valence-corrected chi connectivity index (χ1v) is 13.4. The lowest BCUT2D eigenvalue weighted by Crippen LogP contribution is -2.41. The van der Waals surface area contributed by atoms with Gasteiger partial charge in [0.25, 0.3) is 0 Å². The number of carbonyl (C=O) groups excluding carboxylic acids is 2. The van der Waals surface area contributed by atoms with Crippen molar-refractivity contribution in [2.45, 2.75) is 51.7 Å². The summed E-state index contributed by atoms with van der Waals surface area (Å²) >= 11 is 9.27. The third-order valence-electron chi connectivity index (χ3n) is 6.79. The monoisotopic (exact) mass is 618 g/mol. The van der Waals surface area contributed by atoms with Crippen molar-refractivity contribution < 1.29 is 28.2 Å². The molecule has 1 fully saturated rings. The lowest BCUT2D eigenvalue weighted by molar-refractivity contribution is -0.142. The average molecular weight is 620 g/mol. The van der Waals surface area contributed by atoms with Gasteiger partial charge in [0.2, 0.25) is 0 Å². The minimum atomic E-state index is -0.786. The Bertz CT molecular complexity index is 1380. The van der Waals surface area contributed by atoms with Crippen molar-refractivity contribution in [3.8, 4) is 11.5 Å². The van der Waals surface area contributed by atoms with Crippen LogP contribution >= 0.6 is 27.5 Å². The maximum Gasteiger partial charge on any atom is 0.313 e. The number of amides is 2. The quantitative estimate of drug-likeness (QED) is 0.295. The van der Waals surface area contributed by atoms with Gasteiger partial charge in [-0.2, -0.15) is 0 Å². The Morgan fingerprint density at radius 3 is 2.28 bits per heavy atom. The molecular weight excluding hydrogens is 591 g/mol. The van der Waals surface area contributed by atoms with Gasteiger partial charge in [-0.1, -0.05) is 45.7 Å². The van der Waals surface area contributed by atoms with Crippen LogP contribution in [0.4, 0.5) is 10.1 Å². The van der Waals surface area contributed by atoms with Crippen molar-refractivity contribution in [3.63, 3.8) is 0 Å². The molecule has 0 radical (unpaired) electrons. The molecule has 0 spiro atoms. The zero-order valence-electron chi connectivity index (χ0n) is 22.2. The topological polar surface area (TPSA) is 77.1 Å². The Labute approximate surface area is 240 Å². The summed E-state index contributed by atoms with van der Waals surface area (Å²) in [5, 5.41) is 2.56. The van der Waals surface area contributed by atoms with E-state index < -0.39 is 35.1 Å². The highest BCUT2D eigenvalue weighted by Gasteiger charge is 2.49. The zero-order valence-corrected chi connectivity index (χ0v) is 24.5. The lowest BCUT2D eigenvalue weighted by Gasteiger charge is -2.30. The van der Waals surface area contributed by atoms with Gasteiger partial charge in [0.1, 0.15) is 17.3 Å². The number of anilines is 1. The number of benzene rings is 3. The third-order valence-corrected chi connectivity index (χ3v) is 7.57. The standard InChI is InChI=1S/C29H29BrClFN2O5/c1-28(2)29(3,4)39-27(38-28)17-7-10-20(11-8-17)33-25(35)26(36)34(5)16-18-6-9-19(30)14-24(18)37-21-12-13-23(32)22(31)15-21/h6-15,27H,16H2,1-5H3,(H,33,35). The highest BCUT2D eigenvalue weighted by Crippen LogP contribution is 2.44. The van der Waals surface area contributed by atoms with Crippen LogP contribution in [0.5, 0.6) is 11.5 Å². The molecule has 4 rings (SSSR count). The van der Waals surface area contributed by atoms with E-state index in [1.165, 1.54) is 30.1 Å². The second kappa shape index (κ2) is 11.3. The van der Waals surface area contributed by atoms with Crippen molar-refractivity contribution in [1.29, 1.82) is 0 Å². The van der Waals surface area contributed by atoms with E-state index in [4.69, 9.17) is 25.8 Å². The highest BCUT2D eigenvalue weighted by atomic mass is 79.9. The van der Waals surface area contributed by atoms with Crippen molar-refractivity contribution in [1.82, 2.24) is 4.90 Å². The summed E-state index contributed by atoms with van der Waals surface area (Å²) in [6, 6.07) is 16.3. The fourth-order valence-corrected chi connectivity index (χ4v) is 4.32. The predicted octanol–water partition coefficient (Wildman–Crippen LogP) is 7.23. The number of nitrogens with one attached hydrogen (secondary N) is 1. The summed E-state index contributed by atoms with van der Waals surface area (Å²) < 4.78 is 32.3. The van der Waals surface area contributed by atoms with E-state index in [1.54, 1.807) is 42.5 Å². The summed E-state index contributed by atoms with van der Waals surface area (Å²) in [6.07, 6.45) is -0.527. The molecule has 0 atom stereocenters. The summed E-state index contributed by atoms with van der Waals surface area (Å²) in [6.45, 7) is 8.00. The largest absolute Gasteiger partial charge is 0.457 e. The van der Waals surface area contributed by atoms with Gasteiger partial charge in [-0.3, -0.25) is 9.59 Å². The molecule has 1 N–H and O–H groups in total. The molecule has 1 aliphatic rings. The molecule has 1 heterocycles. The number of halogens is 3. The molecule has 0 unspecified atom stereocenters. The third kappa shape index (κ3) is 6.61. The Kier molecular flexibility index (Phi) is 8.37. The molecule has 0 bridgehead atoms. The zero-order chi connectivity index (χ0) is 28.5. The van der Waals surface area contributed by atoms with Crippen LogP contribution in [0, 0.1) is 5.82 Å². The van der Waals surface area contributed by atoms with Crippen LogP contribution in [0.3, 0.4) is 0 Å². The van der Waals surface area contributed by atoms with Gasteiger partial charge in [0.05, 0.1) is 16.2 Å². The van der Waals surface area contributed by atoms with Crippen molar-refractivity contribution in [2.75, 3.05) is 12.4 Å². The van der Waals surface area contributed by atoms with Crippen molar-refractivity contribution >= 4 is 45.0 Å². The van der Waals surface area contributed by atoms with Crippen LogP contribution in [0.1, 0.15) is 45.1 Å². The summed E-state index contributed by atoms with van der Waals surface area (Å²) in [5.41, 5.74) is 0.970. The molecule has 206 valence electrons. The van der Waals surface area contributed by atoms with E-state index >= 15 is 0 Å². The fourth-order valence-electron chi connectivity index (χ4n) is 3.81. The van der Waals surface area contributed by atoms with E-state index in [0.29, 0.717) is 22.7 Å². The first kappa shape index (κ1) is 29.0. The Morgan fingerprint density at radius 2 is 1.67 bits per heavy atom. The van der Waals surface area contributed by atoms with Crippen LogP contribution in [0.25, 0.3) is 0 Å². The van der Waals surface area contributed by atoms with Gasteiger partial charge >= 0.3 is 11.8 Å². The maximum atomic E-state index is 13.5. The van der Waals surface area contributed by atoms with E-state index in [1.807, 2.05) is 27.7 Å². The van der Waals surface area contributed by atoms with Crippen LogP contribution < -0.4 is 10.1 Å². The molecule has 0 aromatic heterocycles. The fraction of sp³-hybridized carbons (Fsp3) is 0.310. The van der Waals surface area contributed by atoms with Crippen LogP contribution in [-0.2, 0) is 25.6 Å². The number of hydrogen-bond donors (Lipinski definition) is 1. The van der Waals surface area contributed by atoms with E-state index in [9.17, 15) is 14.0 Å². The molecule has 10 heteroatoms. The number of likely N-dealkylation sites (N-methyl/N-ethyl adjacent to an activating group) is 1. The Hall–Kier alpha value is -2.98. The van der Waals surface area contributed by atoms with Gasteiger partial charge in [0, 0.05) is 40.9 Å². The van der Waals surface area contributed by atoms with Gasteiger partial charge in [-0.05, 0) is 64.1 Å². The Balaban J connectivity index is 1.40. The van der Waals surface area contributed by atoms with Gasteiger partial charge < -0.3 is 24.4 Å². The number of nitrogens with zero attached hydrogens (tertiary/aromatic N) is 1. The molecule has 0 saturated carbocycles. The van der Waals surface area contributed by atoms with E-state index in [0.717, 1.165) is 10.0 Å². The van der Waals surface area contributed by atoms with Gasteiger partial charge in [-0.25, -0.2) is 4.39 Å². The predicted molar refractivity (Wildman–Crippen MR) is 150 cm³/mol. The minimum Gasteiger partial charge on any atom is -0.457 e. The smallest absolute Gasteiger partial charge is 0.313 e. The van der Waals surface area contributed by atoms with Crippen molar-refractivity contribution in [3.05, 3.63) is 87.1 Å². The first-order chi connectivity index (χ1) is 18.3. The number of carbonyl (C=O) groups is 2. The second-order valence-electron chi connectivity index (χ2n) is 10.3. The minimum absolute atomic E-state index is 0.0722. The second-order valence-corrected chi connectivity index (χ2v) is 11.6. The average Bonchev–Trinajstić information content (AvgIpc) is 3.09. The summed E-state index contributed by atoms with van der Waals surface area (Å²) in [4.78, 5) is 26.8. The summed E-state index contributed by atoms with van der Waals surface area (Å²) in [7, 11) is 1.52. The van der Waals surface area contributed by atoms with Gasteiger partial charge in [-0.15, -0.1) is 0 Å². The maximum absolute atomic E-state index is 13.5. The normalized spacial score (nSPS) is 16.1. The van der Waals surface area contributed by atoms with Crippen LogP contribution in [0.15, 0.2) is 65.1 Å². The van der Waals surface area contributed by atoms with Crippen molar-refractivity contribution in [2.24, 2.45) is 0 Å². The summed E-state index contributed by atoms with van der Waals surface area (Å²) in [5.74, 6) is -1.33. The highest BCUT2D eigenvalue weighted by molar-refractivity contribution is 9.10. The molecule has 1 saturated heterocycles. The molecular formula is C29H29BrClFN2O5. The molecule has 2 amide bonds. The van der Waals surface area contributed by atoms with Crippen LogP contribution in [0.2, 0.25) is 5.02 Å². The number of ether oxygens (including phenoxy) is 3. The molecule has 3 aromatic carbocycles. The van der Waals surface area contributed by atoms with Crippen LogP contribution in [-0.4, -0.2) is 35.0 Å². The Morgan fingerprint density at radius 1 is 1.03 bits per heavy atom. The number of rotatable bonds is 6. The van der Waals surface area contributed by atoms with E-state index in [2.05, 4.69) is 21.2 Å².